The summed E-state index contributed by atoms with van der Waals surface area (Å²) in [5.41, 5.74) is 2.97. The maximum atomic E-state index is 12.4. The number of carbonyl (C=O) groups is 2. The molecule has 144 valence electrons. The van der Waals surface area contributed by atoms with Crippen LogP contribution in [0, 0.1) is 0 Å². The van der Waals surface area contributed by atoms with E-state index in [-0.39, 0.29) is 30.4 Å². The van der Waals surface area contributed by atoms with Gasteiger partial charge in [-0.05, 0) is 44.4 Å². The second kappa shape index (κ2) is 9.21. The molecule has 0 bridgehead atoms. The summed E-state index contributed by atoms with van der Waals surface area (Å²) < 4.78 is 0. The Morgan fingerprint density at radius 1 is 0.963 bits per heavy atom. The van der Waals surface area contributed by atoms with Gasteiger partial charge in [0.05, 0.1) is 13.1 Å². The quantitative estimate of drug-likeness (QED) is 0.791. The van der Waals surface area contributed by atoms with E-state index < -0.39 is 0 Å². The van der Waals surface area contributed by atoms with Gasteiger partial charge in [0.15, 0.2) is 0 Å². The number of para-hydroxylation sites is 1. The van der Waals surface area contributed by atoms with Crippen LogP contribution in [-0.4, -0.2) is 42.4 Å². The van der Waals surface area contributed by atoms with Gasteiger partial charge in [-0.15, -0.1) is 0 Å². The van der Waals surface area contributed by atoms with Crippen molar-refractivity contribution in [2.45, 2.75) is 32.7 Å². The molecular formula is C22H29N3O2. The van der Waals surface area contributed by atoms with Gasteiger partial charge in [0.2, 0.25) is 11.8 Å². The van der Waals surface area contributed by atoms with Crippen molar-refractivity contribution in [1.29, 1.82) is 0 Å². The summed E-state index contributed by atoms with van der Waals surface area (Å²) >= 11 is 0. The molecule has 0 saturated carbocycles. The molecule has 27 heavy (non-hydrogen) atoms. The Balaban J connectivity index is 1.92. The molecule has 0 aliphatic heterocycles. The number of amides is 2. The zero-order valence-electron chi connectivity index (χ0n) is 16.6. The summed E-state index contributed by atoms with van der Waals surface area (Å²) in [6.45, 7) is 5.93. The zero-order valence-corrected chi connectivity index (χ0v) is 16.6. The van der Waals surface area contributed by atoms with Crippen LogP contribution in [0.5, 0.6) is 0 Å². The molecule has 0 saturated heterocycles. The van der Waals surface area contributed by atoms with Gasteiger partial charge >= 0.3 is 0 Å². The topological polar surface area (TPSA) is 61.4 Å². The van der Waals surface area contributed by atoms with E-state index in [9.17, 15) is 9.59 Å². The van der Waals surface area contributed by atoms with Gasteiger partial charge in [0, 0.05) is 18.3 Å². The maximum absolute atomic E-state index is 12.4. The lowest BCUT2D eigenvalue weighted by atomic mass is 10.0. The van der Waals surface area contributed by atoms with Crippen LogP contribution in [0.2, 0.25) is 0 Å². The molecule has 2 aromatic rings. The molecule has 0 radical (unpaired) electrons. The predicted octanol–water partition coefficient (Wildman–Crippen LogP) is 3.06. The first-order valence-corrected chi connectivity index (χ1v) is 9.15. The Morgan fingerprint density at radius 2 is 1.59 bits per heavy atom. The summed E-state index contributed by atoms with van der Waals surface area (Å²) in [7, 11) is 1.64. The Labute approximate surface area is 161 Å². The van der Waals surface area contributed by atoms with Crippen LogP contribution >= 0.6 is 0 Å². The van der Waals surface area contributed by atoms with Crippen LogP contribution < -0.4 is 10.6 Å². The van der Waals surface area contributed by atoms with Gasteiger partial charge in [0.1, 0.15) is 0 Å². The van der Waals surface area contributed by atoms with Crippen molar-refractivity contribution < 1.29 is 9.59 Å². The number of anilines is 1. The van der Waals surface area contributed by atoms with E-state index >= 15 is 0 Å². The average molecular weight is 367 g/mol. The van der Waals surface area contributed by atoms with E-state index in [2.05, 4.69) is 28.8 Å². The minimum Gasteiger partial charge on any atom is -0.376 e. The number of rotatable bonds is 7. The lowest BCUT2D eigenvalue weighted by molar-refractivity contribution is -0.133. The molecule has 0 aliphatic carbocycles. The summed E-state index contributed by atoms with van der Waals surface area (Å²) in [5.74, 6) is -0.295. The number of nitrogens with one attached hydrogen (secondary N) is 2. The highest BCUT2D eigenvalue weighted by atomic mass is 16.2. The standard InChI is InChI=1S/C22H29N3O2/c1-22(2,3)24-20(26)16-25(4)21(27)15-23-19-13-9-8-12-18(19)14-17-10-6-5-7-11-17/h5-13,23H,14-16H2,1-4H3,(H,24,26). The Hall–Kier alpha value is -2.82. The Kier molecular flexibility index (Phi) is 6.99. The van der Waals surface area contributed by atoms with E-state index in [1.807, 2.05) is 57.2 Å². The molecule has 0 aliphatic rings. The van der Waals surface area contributed by atoms with E-state index in [1.54, 1.807) is 7.05 Å². The second-order valence-corrected chi connectivity index (χ2v) is 7.72. The highest BCUT2D eigenvalue weighted by Gasteiger charge is 2.17. The monoisotopic (exact) mass is 367 g/mol. The molecule has 0 spiro atoms. The molecule has 2 aromatic carbocycles. The fraction of sp³-hybridized carbons (Fsp3) is 0.364. The largest absolute Gasteiger partial charge is 0.376 e. The SMILES string of the molecule is CN(CC(=O)NC(C)(C)C)C(=O)CNc1ccccc1Cc1ccccc1. The molecule has 2 rings (SSSR count). The number of likely N-dealkylation sites (N-methyl/N-ethyl adjacent to an activating group) is 1. The summed E-state index contributed by atoms with van der Waals surface area (Å²) in [4.78, 5) is 25.8. The van der Waals surface area contributed by atoms with E-state index in [0.717, 1.165) is 17.7 Å². The number of benzene rings is 2. The fourth-order valence-corrected chi connectivity index (χ4v) is 2.73. The Bertz CT molecular complexity index is 767. The molecule has 5 heteroatoms. The minimum absolute atomic E-state index is 0.0451. The van der Waals surface area contributed by atoms with E-state index in [0.29, 0.717) is 0 Å². The van der Waals surface area contributed by atoms with E-state index in [1.165, 1.54) is 10.5 Å². The first kappa shape index (κ1) is 20.5. The van der Waals surface area contributed by atoms with Crippen LogP contribution in [0.4, 0.5) is 5.69 Å². The first-order chi connectivity index (χ1) is 12.7. The summed E-state index contributed by atoms with van der Waals surface area (Å²) in [6.07, 6.45) is 0.794. The van der Waals surface area contributed by atoms with Crippen LogP contribution in [0.15, 0.2) is 54.6 Å². The molecule has 5 nitrogen and oxygen atoms in total. The number of carbonyl (C=O) groups excluding carboxylic acids is 2. The van der Waals surface area contributed by atoms with Crippen LogP contribution in [0.3, 0.4) is 0 Å². The average Bonchev–Trinajstić information content (AvgIpc) is 2.60. The molecule has 0 heterocycles. The molecule has 0 unspecified atom stereocenters. The summed E-state index contributed by atoms with van der Waals surface area (Å²) in [6, 6.07) is 18.2. The third-order valence-electron chi connectivity index (χ3n) is 4.01. The fourth-order valence-electron chi connectivity index (χ4n) is 2.73. The van der Waals surface area contributed by atoms with Gasteiger partial charge in [-0.3, -0.25) is 9.59 Å². The van der Waals surface area contributed by atoms with Crippen molar-refractivity contribution in [1.82, 2.24) is 10.2 Å². The lowest BCUT2D eigenvalue weighted by Crippen LogP contribution is -2.47. The van der Waals surface area contributed by atoms with Crippen LogP contribution in [0.25, 0.3) is 0 Å². The molecule has 0 aromatic heterocycles. The normalized spacial score (nSPS) is 11.0. The third kappa shape index (κ3) is 7.13. The maximum Gasteiger partial charge on any atom is 0.242 e. The lowest BCUT2D eigenvalue weighted by Gasteiger charge is -2.23. The summed E-state index contributed by atoms with van der Waals surface area (Å²) in [5, 5.41) is 6.07. The van der Waals surface area contributed by atoms with E-state index in [4.69, 9.17) is 0 Å². The van der Waals surface area contributed by atoms with Crippen molar-refractivity contribution in [2.24, 2.45) is 0 Å². The first-order valence-electron chi connectivity index (χ1n) is 9.15. The van der Waals surface area contributed by atoms with Crippen molar-refractivity contribution in [2.75, 3.05) is 25.5 Å². The molecular weight excluding hydrogens is 338 g/mol. The van der Waals surface area contributed by atoms with Crippen LogP contribution in [0.1, 0.15) is 31.9 Å². The number of hydrogen-bond acceptors (Lipinski definition) is 3. The second-order valence-electron chi connectivity index (χ2n) is 7.72. The predicted molar refractivity (Wildman–Crippen MR) is 110 cm³/mol. The molecule has 2 N–H and O–H groups in total. The molecule has 2 amide bonds. The van der Waals surface area contributed by atoms with Gasteiger partial charge in [-0.25, -0.2) is 0 Å². The molecule has 0 fully saturated rings. The van der Waals surface area contributed by atoms with Crippen molar-refractivity contribution >= 4 is 17.5 Å². The van der Waals surface area contributed by atoms with Crippen LogP contribution in [-0.2, 0) is 16.0 Å². The van der Waals surface area contributed by atoms with Gasteiger partial charge in [-0.1, -0.05) is 48.5 Å². The highest BCUT2D eigenvalue weighted by molar-refractivity contribution is 5.87. The number of hydrogen-bond donors (Lipinski definition) is 2. The minimum atomic E-state index is -0.310. The molecule has 0 atom stereocenters. The van der Waals surface area contributed by atoms with Gasteiger partial charge in [-0.2, -0.15) is 0 Å². The third-order valence-corrected chi connectivity index (χ3v) is 4.01. The van der Waals surface area contributed by atoms with Gasteiger partial charge in [0.25, 0.3) is 0 Å². The van der Waals surface area contributed by atoms with Gasteiger partial charge < -0.3 is 15.5 Å². The number of nitrogens with zero attached hydrogens (tertiary/aromatic N) is 1. The van der Waals surface area contributed by atoms with Crippen molar-refractivity contribution in [3.8, 4) is 0 Å². The highest BCUT2D eigenvalue weighted by Crippen LogP contribution is 2.19. The van der Waals surface area contributed by atoms with Crippen molar-refractivity contribution in [3.63, 3.8) is 0 Å². The zero-order chi connectivity index (χ0) is 19.9. The Morgan fingerprint density at radius 3 is 2.26 bits per heavy atom. The smallest absolute Gasteiger partial charge is 0.242 e. The van der Waals surface area contributed by atoms with Crippen molar-refractivity contribution in [3.05, 3.63) is 65.7 Å².